The third kappa shape index (κ3) is 4.22. The molecule has 0 radical (unpaired) electrons. The van der Waals surface area contributed by atoms with Gasteiger partial charge in [-0.05, 0) is 31.2 Å². The number of anilines is 2. The van der Waals surface area contributed by atoms with Gasteiger partial charge in [0.1, 0.15) is 0 Å². The summed E-state index contributed by atoms with van der Waals surface area (Å²) in [6.07, 6.45) is 0.711. The van der Waals surface area contributed by atoms with Crippen molar-refractivity contribution in [1.29, 1.82) is 0 Å². The number of carbonyl (C=O) groups is 3. The number of amides is 3. The number of benzene rings is 1. The van der Waals surface area contributed by atoms with Crippen molar-refractivity contribution in [3.8, 4) is 0 Å². The van der Waals surface area contributed by atoms with Gasteiger partial charge in [0.15, 0.2) is 0 Å². The zero-order chi connectivity index (χ0) is 15.1. The van der Waals surface area contributed by atoms with E-state index >= 15 is 0 Å². The number of halogens is 1. The van der Waals surface area contributed by atoms with E-state index in [4.69, 9.17) is 23.1 Å². The van der Waals surface area contributed by atoms with Crippen molar-refractivity contribution in [1.82, 2.24) is 4.90 Å². The normalized spacial score (nSPS) is 9.90. The third-order valence-corrected chi connectivity index (χ3v) is 2.74. The Bertz CT molecular complexity index is 521. The molecule has 1 aromatic rings. The molecule has 1 rings (SSSR count). The predicted octanol–water partition coefficient (Wildman–Crippen LogP) is 0.194. The van der Waals surface area contributed by atoms with Crippen LogP contribution in [0.3, 0.4) is 0 Å². The highest BCUT2D eigenvalue weighted by Gasteiger charge is 2.21. The summed E-state index contributed by atoms with van der Waals surface area (Å²) in [5.74, 6) is -1.93. The van der Waals surface area contributed by atoms with Crippen LogP contribution in [0.25, 0.3) is 0 Å². The molecular weight excluding hydrogens is 284 g/mol. The van der Waals surface area contributed by atoms with Gasteiger partial charge in [0.25, 0.3) is 0 Å². The van der Waals surface area contributed by atoms with Gasteiger partial charge in [-0.1, -0.05) is 11.6 Å². The number of nitrogen functional groups attached to an aromatic ring is 1. The van der Waals surface area contributed by atoms with Crippen LogP contribution in [0.15, 0.2) is 18.2 Å². The van der Waals surface area contributed by atoms with E-state index in [0.717, 1.165) is 4.90 Å². The monoisotopic (exact) mass is 298 g/mol. The molecule has 0 atom stereocenters. The van der Waals surface area contributed by atoms with Gasteiger partial charge < -0.3 is 16.8 Å². The lowest BCUT2D eigenvalue weighted by atomic mass is 10.3. The van der Waals surface area contributed by atoms with Crippen LogP contribution >= 0.6 is 11.6 Å². The first-order valence-electron chi connectivity index (χ1n) is 5.82. The molecule has 1 aromatic carbocycles. The van der Waals surface area contributed by atoms with Gasteiger partial charge in [-0.25, -0.2) is 0 Å². The Kier molecular flexibility index (Phi) is 5.95. The van der Waals surface area contributed by atoms with Crippen LogP contribution < -0.4 is 16.8 Å². The molecule has 0 aliphatic heterocycles. The fourth-order valence-electron chi connectivity index (χ4n) is 1.40. The minimum atomic E-state index is -0.971. The smallest absolute Gasteiger partial charge is 0.318 e. The Balaban J connectivity index is 2.74. The highest BCUT2D eigenvalue weighted by molar-refractivity contribution is 6.42. The molecule has 0 unspecified atom stereocenters. The van der Waals surface area contributed by atoms with Crippen LogP contribution in [0.2, 0.25) is 5.02 Å². The van der Waals surface area contributed by atoms with Gasteiger partial charge in [-0.3, -0.25) is 19.3 Å². The lowest BCUT2D eigenvalue weighted by Crippen LogP contribution is -2.40. The van der Waals surface area contributed by atoms with Crippen molar-refractivity contribution < 1.29 is 14.4 Å². The lowest BCUT2D eigenvalue weighted by Gasteiger charge is -2.14. The van der Waals surface area contributed by atoms with Crippen LogP contribution in [0.5, 0.6) is 0 Å². The van der Waals surface area contributed by atoms with Gasteiger partial charge in [0.05, 0.1) is 10.7 Å². The predicted molar refractivity (Wildman–Crippen MR) is 75.9 cm³/mol. The summed E-state index contributed by atoms with van der Waals surface area (Å²) < 4.78 is 0. The molecule has 0 saturated heterocycles. The van der Waals surface area contributed by atoms with E-state index < -0.39 is 11.8 Å². The maximum Gasteiger partial charge on any atom is 0.318 e. The summed E-state index contributed by atoms with van der Waals surface area (Å²) in [4.78, 5) is 35.0. The summed E-state index contributed by atoms with van der Waals surface area (Å²) in [6.45, 7) is 0.394. The van der Waals surface area contributed by atoms with E-state index in [1.54, 1.807) is 0 Å². The molecule has 8 heteroatoms. The SMILES string of the molecule is NCCCN(C=O)C(=O)C(=O)Nc1ccc(N)cc1Cl. The van der Waals surface area contributed by atoms with Crippen LogP contribution in [0.4, 0.5) is 11.4 Å². The first kappa shape index (κ1) is 15.9. The zero-order valence-electron chi connectivity index (χ0n) is 10.6. The quantitative estimate of drug-likeness (QED) is 0.407. The minimum Gasteiger partial charge on any atom is -0.399 e. The number of hydrogen-bond donors (Lipinski definition) is 3. The van der Waals surface area contributed by atoms with Gasteiger partial charge in [-0.15, -0.1) is 0 Å². The molecule has 0 aromatic heterocycles. The number of nitrogens with zero attached hydrogens (tertiary/aromatic N) is 1. The molecule has 0 aliphatic carbocycles. The maximum atomic E-state index is 11.7. The van der Waals surface area contributed by atoms with Crippen molar-refractivity contribution in [3.63, 3.8) is 0 Å². The van der Waals surface area contributed by atoms with E-state index in [0.29, 0.717) is 25.1 Å². The Morgan fingerprint density at radius 3 is 2.65 bits per heavy atom. The topological polar surface area (TPSA) is 119 Å². The highest BCUT2D eigenvalue weighted by atomic mass is 35.5. The highest BCUT2D eigenvalue weighted by Crippen LogP contribution is 2.23. The second-order valence-electron chi connectivity index (χ2n) is 3.94. The average Bonchev–Trinajstić information content (AvgIpc) is 2.42. The van der Waals surface area contributed by atoms with E-state index in [9.17, 15) is 14.4 Å². The van der Waals surface area contributed by atoms with Gasteiger partial charge in [-0.2, -0.15) is 0 Å². The number of hydrogen-bond acceptors (Lipinski definition) is 5. The van der Waals surface area contributed by atoms with E-state index in [-0.39, 0.29) is 17.3 Å². The summed E-state index contributed by atoms with van der Waals surface area (Å²) >= 11 is 5.87. The van der Waals surface area contributed by atoms with E-state index in [1.807, 2.05) is 0 Å². The van der Waals surface area contributed by atoms with Crippen molar-refractivity contribution in [2.45, 2.75) is 6.42 Å². The molecule has 20 heavy (non-hydrogen) atoms. The van der Waals surface area contributed by atoms with Crippen molar-refractivity contribution >= 4 is 41.2 Å². The number of carbonyl (C=O) groups excluding carboxylic acids is 3. The summed E-state index contributed by atoms with van der Waals surface area (Å²) in [6, 6.07) is 4.43. The van der Waals surface area contributed by atoms with E-state index in [1.165, 1.54) is 18.2 Å². The number of nitrogens with one attached hydrogen (secondary N) is 1. The Morgan fingerprint density at radius 1 is 1.40 bits per heavy atom. The molecule has 7 nitrogen and oxygen atoms in total. The summed E-state index contributed by atoms with van der Waals surface area (Å²) in [7, 11) is 0. The first-order chi connectivity index (χ1) is 9.49. The molecule has 108 valence electrons. The molecule has 0 fully saturated rings. The van der Waals surface area contributed by atoms with Crippen molar-refractivity contribution in [3.05, 3.63) is 23.2 Å². The van der Waals surface area contributed by atoms with Crippen LogP contribution in [-0.4, -0.2) is 36.2 Å². The Labute approximate surface area is 120 Å². The van der Waals surface area contributed by atoms with Crippen LogP contribution in [0, 0.1) is 0 Å². The zero-order valence-corrected chi connectivity index (χ0v) is 11.4. The number of imide groups is 1. The lowest BCUT2D eigenvalue weighted by molar-refractivity contribution is -0.146. The molecule has 3 amide bonds. The fourth-order valence-corrected chi connectivity index (χ4v) is 1.64. The molecule has 0 heterocycles. The standard InChI is InChI=1S/C12H15ClN4O3/c13-9-6-8(15)2-3-10(9)16-11(19)12(20)17(7-18)5-1-4-14/h2-3,6-7H,1,4-5,14-15H2,(H,16,19). The Hall–Kier alpha value is -2.12. The molecule has 0 bridgehead atoms. The second-order valence-corrected chi connectivity index (χ2v) is 4.35. The van der Waals surface area contributed by atoms with Crippen molar-refractivity contribution in [2.75, 3.05) is 24.1 Å². The maximum absolute atomic E-state index is 11.7. The second kappa shape index (κ2) is 7.46. The Morgan fingerprint density at radius 2 is 2.10 bits per heavy atom. The molecule has 0 aliphatic rings. The van der Waals surface area contributed by atoms with Gasteiger partial charge in [0.2, 0.25) is 6.41 Å². The minimum absolute atomic E-state index is 0.0850. The summed E-state index contributed by atoms with van der Waals surface area (Å²) in [5, 5.41) is 2.52. The van der Waals surface area contributed by atoms with E-state index in [2.05, 4.69) is 5.32 Å². The number of rotatable bonds is 5. The van der Waals surface area contributed by atoms with Gasteiger partial charge >= 0.3 is 11.8 Å². The number of nitrogens with two attached hydrogens (primary N) is 2. The fraction of sp³-hybridized carbons (Fsp3) is 0.250. The molecule has 0 saturated carbocycles. The average molecular weight is 299 g/mol. The summed E-state index contributed by atoms with van der Waals surface area (Å²) in [5.41, 5.74) is 11.5. The molecule has 0 spiro atoms. The third-order valence-electron chi connectivity index (χ3n) is 2.43. The first-order valence-corrected chi connectivity index (χ1v) is 6.19. The van der Waals surface area contributed by atoms with Gasteiger partial charge in [0, 0.05) is 12.2 Å². The largest absolute Gasteiger partial charge is 0.399 e. The van der Waals surface area contributed by atoms with Crippen molar-refractivity contribution in [2.24, 2.45) is 5.73 Å². The van der Waals surface area contributed by atoms with Crippen LogP contribution in [-0.2, 0) is 14.4 Å². The van der Waals surface area contributed by atoms with Crippen LogP contribution in [0.1, 0.15) is 6.42 Å². The molecular formula is C12H15ClN4O3. The molecule has 5 N–H and O–H groups in total.